The molecule has 0 atom stereocenters. The number of benzene rings is 3. The topological polar surface area (TPSA) is 70.8 Å². The average Bonchev–Trinajstić information content (AvgIpc) is 3.33. The lowest BCUT2D eigenvalue weighted by atomic mass is 10.1. The maximum absolute atomic E-state index is 12.3. The quantitative estimate of drug-likeness (QED) is 0.486. The van der Waals surface area contributed by atoms with Crippen molar-refractivity contribution < 1.29 is 14.1 Å². The van der Waals surface area contributed by atoms with Gasteiger partial charge in [0, 0.05) is 38.8 Å². The van der Waals surface area contributed by atoms with Crippen molar-refractivity contribution >= 4 is 22.6 Å². The van der Waals surface area contributed by atoms with Gasteiger partial charge >= 0.3 is 6.03 Å². The standard InChI is InChI=1S/C25H24N4O3/c30-25(26-24-10-15-31-27-24)29-13-11-28(12-14-29)18-19-4-3-7-22(16-19)32-23-9-8-20-5-1-2-6-21(20)17-23/h1-10,15-17H,11-14,18H2,(H,26,27,30). The molecule has 3 aromatic carbocycles. The number of urea groups is 1. The van der Waals surface area contributed by atoms with Crippen LogP contribution in [0, 0.1) is 0 Å². The van der Waals surface area contributed by atoms with E-state index in [0.717, 1.165) is 36.5 Å². The van der Waals surface area contributed by atoms with Crippen LogP contribution in [0.3, 0.4) is 0 Å². The Balaban J connectivity index is 1.17. The average molecular weight is 428 g/mol. The Morgan fingerprint density at radius 2 is 1.72 bits per heavy atom. The molecule has 0 unspecified atom stereocenters. The first-order chi connectivity index (χ1) is 15.7. The minimum atomic E-state index is -0.149. The minimum Gasteiger partial charge on any atom is -0.457 e. The lowest BCUT2D eigenvalue weighted by Gasteiger charge is -2.34. The summed E-state index contributed by atoms with van der Waals surface area (Å²) in [6, 6.07) is 24.1. The Bertz CT molecular complexity index is 1200. The van der Waals surface area contributed by atoms with E-state index >= 15 is 0 Å². The highest BCUT2D eigenvalue weighted by atomic mass is 16.5. The number of piperazine rings is 1. The predicted octanol–water partition coefficient (Wildman–Crippen LogP) is 4.97. The third kappa shape index (κ3) is 4.73. The van der Waals surface area contributed by atoms with Crippen molar-refractivity contribution in [2.24, 2.45) is 0 Å². The molecule has 1 N–H and O–H groups in total. The largest absolute Gasteiger partial charge is 0.457 e. The van der Waals surface area contributed by atoms with Gasteiger partial charge in [-0.2, -0.15) is 0 Å². The Kier molecular flexibility index (Phi) is 5.72. The van der Waals surface area contributed by atoms with E-state index in [1.165, 1.54) is 17.2 Å². The number of hydrogen-bond donors (Lipinski definition) is 1. The second kappa shape index (κ2) is 9.11. The second-order valence-electron chi connectivity index (χ2n) is 7.84. The van der Waals surface area contributed by atoms with Gasteiger partial charge in [-0.25, -0.2) is 4.79 Å². The van der Waals surface area contributed by atoms with Gasteiger partial charge in [0.25, 0.3) is 0 Å². The predicted molar refractivity (Wildman–Crippen MR) is 123 cm³/mol. The van der Waals surface area contributed by atoms with Crippen molar-refractivity contribution in [3.05, 3.63) is 84.6 Å². The molecule has 0 radical (unpaired) electrons. The van der Waals surface area contributed by atoms with Gasteiger partial charge in [0.05, 0.1) is 0 Å². The van der Waals surface area contributed by atoms with E-state index in [1.807, 2.05) is 30.3 Å². The molecule has 7 nitrogen and oxygen atoms in total. The van der Waals surface area contributed by atoms with Gasteiger partial charge in [-0.15, -0.1) is 0 Å². The summed E-state index contributed by atoms with van der Waals surface area (Å²) in [4.78, 5) is 16.5. The zero-order chi connectivity index (χ0) is 21.8. The zero-order valence-electron chi connectivity index (χ0n) is 17.6. The first-order valence-electron chi connectivity index (χ1n) is 10.7. The fourth-order valence-corrected chi connectivity index (χ4v) is 3.91. The molecule has 1 saturated heterocycles. The molecule has 0 spiro atoms. The smallest absolute Gasteiger partial charge is 0.323 e. The molecule has 1 aromatic heterocycles. The Morgan fingerprint density at radius 3 is 2.53 bits per heavy atom. The number of hydrogen-bond acceptors (Lipinski definition) is 5. The van der Waals surface area contributed by atoms with Crippen LogP contribution in [0.15, 0.2) is 83.6 Å². The monoisotopic (exact) mass is 428 g/mol. The molecule has 1 aliphatic rings. The third-order valence-electron chi connectivity index (χ3n) is 5.59. The Hall–Kier alpha value is -3.84. The first-order valence-corrected chi connectivity index (χ1v) is 10.7. The summed E-state index contributed by atoms with van der Waals surface area (Å²) in [5.74, 6) is 2.08. The minimum absolute atomic E-state index is 0.149. The number of carbonyl (C=O) groups is 1. The highest BCUT2D eigenvalue weighted by Gasteiger charge is 2.21. The third-order valence-corrected chi connectivity index (χ3v) is 5.59. The summed E-state index contributed by atoms with van der Waals surface area (Å²) in [6.45, 7) is 3.76. The molecule has 0 aliphatic carbocycles. The molecule has 2 heterocycles. The molecule has 0 bridgehead atoms. The van der Waals surface area contributed by atoms with Crippen LogP contribution in [-0.4, -0.2) is 47.2 Å². The molecule has 4 aromatic rings. The molecule has 0 saturated carbocycles. The van der Waals surface area contributed by atoms with Crippen molar-refractivity contribution in [1.82, 2.24) is 15.0 Å². The van der Waals surface area contributed by atoms with Crippen molar-refractivity contribution in [3.63, 3.8) is 0 Å². The highest BCUT2D eigenvalue weighted by molar-refractivity contribution is 5.88. The maximum Gasteiger partial charge on any atom is 0.323 e. The molecular weight excluding hydrogens is 404 g/mol. The van der Waals surface area contributed by atoms with Crippen LogP contribution >= 0.6 is 0 Å². The Labute approximate surface area is 186 Å². The number of nitrogens with zero attached hydrogens (tertiary/aromatic N) is 3. The van der Waals surface area contributed by atoms with Crippen molar-refractivity contribution in [2.75, 3.05) is 31.5 Å². The number of carbonyl (C=O) groups excluding carboxylic acids is 1. The lowest BCUT2D eigenvalue weighted by Crippen LogP contribution is -2.49. The van der Waals surface area contributed by atoms with E-state index in [0.29, 0.717) is 18.9 Å². The van der Waals surface area contributed by atoms with E-state index < -0.39 is 0 Å². The summed E-state index contributed by atoms with van der Waals surface area (Å²) in [5, 5.41) is 8.82. The van der Waals surface area contributed by atoms with E-state index in [-0.39, 0.29) is 6.03 Å². The highest BCUT2D eigenvalue weighted by Crippen LogP contribution is 2.26. The normalized spacial score (nSPS) is 14.4. The summed E-state index contributed by atoms with van der Waals surface area (Å²) in [7, 11) is 0. The van der Waals surface area contributed by atoms with E-state index in [9.17, 15) is 4.79 Å². The fraction of sp³-hybridized carbons (Fsp3) is 0.200. The van der Waals surface area contributed by atoms with Crippen molar-refractivity contribution in [3.8, 4) is 11.5 Å². The van der Waals surface area contributed by atoms with Crippen LogP contribution in [0.25, 0.3) is 10.8 Å². The zero-order valence-corrected chi connectivity index (χ0v) is 17.6. The number of amides is 2. The molecular formula is C25H24N4O3. The van der Waals surface area contributed by atoms with E-state index in [4.69, 9.17) is 9.26 Å². The summed E-state index contributed by atoms with van der Waals surface area (Å²) in [5.41, 5.74) is 1.18. The van der Waals surface area contributed by atoms with Gasteiger partial charge in [0.1, 0.15) is 17.8 Å². The van der Waals surface area contributed by atoms with Crippen molar-refractivity contribution in [1.29, 1.82) is 0 Å². The number of fused-ring (bicyclic) bond motifs is 1. The van der Waals surface area contributed by atoms with Gasteiger partial charge in [-0.05, 0) is 40.6 Å². The fourth-order valence-electron chi connectivity index (χ4n) is 3.91. The van der Waals surface area contributed by atoms with Gasteiger partial charge in [0.2, 0.25) is 0 Å². The number of nitrogens with one attached hydrogen (secondary N) is 1. The first kappa shape index (κ1) is 20.1. The summed E-state index contributed by atoms with van der Waals surface area (Å²) in [6.07, 6.45) is 1.44. The van der Waals surface area contributed by atoms with Crippen LogP contribution in [-0.2, 0) is 6.54 Å². The molecule has 7 heteroatoms. The molecule has 32 heavy (non-hydrogen) atoms. The van der Waals surface area contributed by atoms with Crippen LogP contribution in [0.1, 0.15) is 5.56 Å². The number of ether oxygens (including phenoxy) is 1. The van der Waals surface area contributed by atoms with Crippen molar-refractivity contribution in [2.45, 2.75) is 6.54 Å². The van der Waals surface area contributed by atoms with Crippen LogP contribution in [0.4, 0.5) is 10.6 Å². The number of anilines is 1. The Morgan fingerprint density at radius 1 is 0.906 bits per heavy atom. The van der Waals surface area contributed by atoms with Gasteiger partial charge < -0.3 is 14.2 Å². The van der Waals surface area contributed by atoms with E-state index in [2.05, 4.69) is 51.8 Å². The number of rotatable bonds is 5. The van der Waals surface area contributed by atoms with E-state index in [1.54, 1.807) is 11.0 Å². The van der Waals surface area contributed by atoms with Crippen LogP contribution < -0.4 is 10.1 Å². The molecule has 1 aliphatic heterocycles. The van der Waals surface area contributed by atoms with Crippen LogP contribution in [0.5, 0.6) is 11.5 Å². The molecule has 5 rings (SSSR count). The SMILES string of the molecule is O=C(Nc1ccon1)N1CCN(Cc2cccc(Oc3ccc4ccccc4c3)c2)CC1. The molecule has 2 amide bonds. The molecule has 1 fully saturated rings. The second-order valence-corrected chi connectivity index (χ2v) is 7.84. The summed E-state index contributed by atoms with van der Waals surface area (Å²) < 4.78 is 10.9. The summed E-state index contributed by atoms with van der Waals surface area (Å²) >= 11 is 0. The lowest BCUT2D eigenvalue weighted by molar-refractivity contribution is 0.143. The van der Waals surface area contributed by atoms with Gasteiger partial charge in [-0.3, -0.25) is 10.2 Å². The molecule has 162 valence electrons. The maximum atomic E-state index is 12.3. The van der Waals surface area contributed by atoms with Gasteiger partial charge in [-0.1, -0.05) is 47.6 Å². The van der Waals surface area contributed by atoms with Gasteiger partial charge in [0.15, 0.2) is 5.82 Å². The van der Waals surface area contributed by atoms with Crippen LogP contribution in [0.2, 0.25) is 0 Å². The number of aromatic nitrogens is 1.